The number of amides is 1. The summed E-state index contributed by atoms with van der Waals surface area (Å²) in [5.41, 5.74) is 2.73. The zero-order valence-electron chi connectivity index (χ0n) is 17.3. The molecule has 0 saturated carbocycles. The second-order valence-corrected chi connectivity index (χ2v) is 7.15. The number of rotatable bonds is 7. The fraction of sp³-hybridized carbons (Fsp3) is 0.125. The van der Waals surface area contributed by atoms with E-state index in [1.54, 1.807) is 36.4 Å². The molecule has 6 nitrogen and oxygen atoms in total. The Kier molecular flexibility index (Phi) is 6.39. The fourth-order valence-electron chi connectivity index (χ4n) is 3.13. The van der Waals surface area contributed by atoms with Crippen molar-refractivity contribution in [1.82, 2.24) is 19.7 Å². The molecular weight excluding hydrogens is 433 g/mol. The number of nitrogens with one attached hydrogen (secondary N) is 1. The molecule has 0 saturated heterocycles. The van der Waals surface area contributed by atoms with Crippen LogP contribution in [0.25, 0.3) is 17.3 Å². The number of imidazole rings is 1. The van der Waals surface area contributed by atoms with Crippen LogP contribution in [0.5, 0.6) is 5.75 Å². The molecule has 0 aliphatic carbocycles. The molecule has 0 radical (unpaired) electrons. The zero-order chi connectivity index (χ0) is 23.3. The maximum absolute atomic E-state index is 12.6. The molecule has 3 aromatic heterocycles. The molecule has 9 heteroatoms. The third-order valence-corrected chi connectivity index (χ3v) is 4.68. The number of hydrogen-bond donors (Lipinski definition) is 1. The summed E-state index contributed by atoms with van der Waals surface area (Å²) in [5.74, 6) is -0.294. The van der Waals surface area contributed by atoms with Gasteiger partial charge in [0, 0.05) is 30.4 Å². The Morgan fingerprint density at radius 3 is 2.52 bits per heavy atom. The molecule has 0 unspecified atom stereocenters. The van der Waals surface area contributed by atoms with E-state index in [4.69, 9.17) is 4.74 Å². The number of halogens is 3. The number of hydrogen-bond acceptors (Lipinski definition) is 4. The number of pyridine rings is 2. The van der Waals surface area contributed by atoms with Crippen molar-refractivity contribution in [3.8, 4) is 5.75 Å². The number of ether oxygens (including phenoxy) is 1. The summed E-state index contributed by atoms with van der Waals surface area (Å²) in [5, 5.41) is 1.93. The van der Waals surface area contributed by atoms with Gasteiger partial charge in [0.2, 0.25) is 0 Å². The van der Waals surface area contributed by atoms with E-state index in [-0.39, 0.29) is 12.2 Å². The summed E-state index contributed by atoms with van der Waals surface area (Å²) in [6.07, 6.45) is 3.83. The van der Waals surface area contributed by atoms with Gasteiger partial charge in [-0.3, -0.25) is 9.78 Å². The van der Waals surface area contributed by atoms with Crippen molar-refractivity contribution in [1.29, 1.82) is 0 Å². The number of fused-ring (bicyclic) bond motifs is 1. The van der Waals surface area contributed by atoms with Crippen molar-refractivity contribution in [2.45, 2.75) is 12.8 Å². The normalized spacial score (nSPS) is 12.0. The highest BCUT2D eigenvalue weighted by atomic mass is 19.4. The van der Waals surface area contributed by atoms with Gasteiger partial charge in [-0.25, -0.2) is 4.98 Å². The van der Waals surface area contributed by atoms with Crippen LogP contribution < -0.4 is 10.1 Å². The molecule has 4 rings (SSSR count). The van der Waals surface area contributed by atoms with Crippen LogP contribution in [0, 0.1) is 0 Å². The van der Waals surface area contributed by atoms with Gasteiger partial charge in [-0.1, -0.05) is 18.2 Å². The smallest absolute Gasteiger partial charge is 0.405 e. The lowest BCUT2D eigenvalue weighted by molar-refractivity contribution is -0.135. The molecule has 4 aromatic rings. The van der Waals surface area contributed by atoms with Crippen LogP contribution in [0.15, 0.2) is 79.4 Å². The van der Waals surface area contributed by atoms with Crippen molar-refractivity contribution in [3.63, 3.8) is 0 Å². The summed E-state index contributed by atoms with van der Waals surface area (Å²) < 4.78 is 45.4. The number of nitrogens with zero attached hydrogens (tertiary/aromatic N) is 3. The Morgan fingerprint density at radius 2 is 1.82 bits per heavy atom. The van der Waals surface area contributed by atoms with E-state index in [0.29, 0.717) is 16.9 Å². The number of carbonyl (C=O) groups excluding carboxylic acids is 1. The van der Waals surface area contributed by atoms with Gasteiger partial charge in [0.1, 0.15) is 24.5 Å². The van der Waals surface area contributed by atoms with E-state index in [1.807, 2.05) is 40.3 Å². The monoisotopic (exact) mass is 452 g/mol. The molecule has 1 N–H and O–H groups in total. The maximum Gasteiger partial charge on any atom is 0.405 e. The topological polar surface area (TPSA) is 68.5 Å². The van der Waals surface area contributed by atoms with Crippen molar-refractivity contribution in [3.05, 3.63) is 96.2 Å². The minimum absolute atomic E-state index is 0.0948. The highest BCUT2D eigenvalue weighted by Gasteiger charge is 2.28. The first kappa shape index (κ1) is 22.1. The SMILES string of the molecule is O=C(NCC(F)(F)F)/C(=C/c1ccncc1)c1ccc(OCc2cn3ccccc3n2)cc1. The van der Waals surface area contributed by atoms with Gasteiger partial charge in [0.15, 0.2) is 0 Å². The standard InChI is InChI=1S/C24H19F3N4O2/c25-24(26,27)16-29-23(32)21(13-17-8-10-28-11-9-17)18-4-6-20(7-5-18)33-15-19-14-31-12-2-1-3-22(31)30-19/h1-14H,15-16H2,(H,29,32)/b21-13+. The summed E-state index contributed by atoms with van der Waals surface area (Å²) in [4.78, 5) is 20.9. The first-order valence-corrected chi connectivity index (χ1v) is 10.00. The Bertz CT molecular complexity index is 1230. The highest BCUT2D eigenvalue weighted by molar-refractivity contribution is 6.24. The molecule has 168 valence electrons. The molecule has 0 bridgehead atoms. The van der Waals surface area contributed by atoms with Gasteiger partial charge in [-0.05, 0) is 53.6 Å². The average Bonchev–Trinajstić information content (AvgIpc) is 3.23. The molecular formula is C24H19F3N4O2. The predicted octanol–water partition coefficient (Wildman–Crippen LogP) is 4.53. The minimum Gasteiger partial charge on any atom is -0.487 e. The van der Waals surface area contributed by atoms with E-state index in [0.717, 1.165) is 11.3 Å². The van der Waals surface area contributed by atoms with Crippen LogP contribution >= 0.6 is 0 Å². The largest absolute Gasteiger partial charge is 0.487 e. The predicted molar refractivity (Wildman–Crippen MR) is 117 cm³/mol. The lowest BCUT2D eigenvalue weighted by Gasteiger charge is -2.12. The Balaban J connectivity index is 1.50. The Morgan fingerprint density at radius 1 is 1.06 bits per heavy atom. The fourth-order valence-corrected chi connectivity index (χ4v) is 3.13. The molecule has 0 spiro atoms. The molecule has 0 atom stereocenters. The summed E-state index contributed by atoms with van der Waals surface area (Å²) >= 11 is 0. The number of alkyl halides is 3. The third-order valence-electron chi connectivity index (χ3n) is 4.68. The second kappa shape index (κ2) is 9.56. The van der Waals surface area contributed by atoms with Crippen molar-refractivity contribution in [2.75, 3.05) is 6.54 Å². The van der Waals surface area contributed by atoms with E-state index in [2.05, 4.69) is 9.97 Å². The number of aromatic nitrogens is 3. The third kappa shape index (κ3) is 5.97. The summed E-state index contributed by atoms with van der Waals surface area (Å²) in [6.45, 7) is -1.17. The lowest BCUT2D eigenvalue weighted by atomic mass is 10.0. The lowest BCUT2D eigenvalue weighted by Crippen LogP contribution is -2.34. The molecule has 1 aromatic carbocycles. The van der Waals surface area contributed by atoms with Crippen LogP contribution in [0.1, 0.15) is 16.8 Å². The van der Waals surface area contributed by atoms with Gasteiger partial charge in [-0.15, -0.1) is 0 Å². The van der Waals surface area contributed by atoms with Crippen LogP contribution in [0.4, 0.5) is 13.2 Å². The first-order chi connectivity index (χ1) is 15.9. The van der Waals surface area contributed by atoms with E-state index >= 15 is 0 Å². The number of carbonyl (C=O) groups is 1. The highest BCUT2D eigenvalue weighted by Crippen LogP contribution is 2.23. The molecule has 0 fully saturated rings. The van der Waals surface area contributed by atoms with Crippen molar-refractivity contribution >= 4 is 23.2 Å². The van der Waals surface area contributed by atoms with Crippen LogP contribution in [-0.2, 0) is 11.4 Å². The van der Waals surface area contributed by atoms with Crippen molar-refractivity contribution < 1.29 is 22.7 Å². The maximum atomic E-state index is 12.6. The van der Waals surface area contributed by atoms with E-state index in [9.17, 15) is 18.0 Å². The molecule has 0 aliphatic heterocycles. The van der Waals surface area contributed by atoms with Crippen LogP contribution in [0.2, 0.25) is 0 Å². The quantitative estimate of drug-likeness (QED) is 0.419. The zero-order valence-corrected chi connectivity index (χ0v) is 17.3. The average molecular weight is 452 g/mol. The molecule has 1 amide bonds. The molecule has 33 heavy (non-hydrogen) atoms. The molecule has 0 aliphatic rings. The van der Waals surface area contributed by atoms with Gasteiger partial charge < -0.3 is 14.5 Å². The van der Waals surface area contributed by atoms with Crippen molar-refractivity contribution in [2.24, 2.45) is 0 Å². The number of benzene rings is 1. The van der Waals surface area contributed by atoms with Gasteiger partial charge in [0.05, 0.1) is 5.69 Å². The Labute approximate surface area is 187 Å². The van der Waals surface area contributed by atoms with Gasteiger partial charge in [0.25, 0.3) is 5.91 Å². The van der Waals surface area contributed by atoms with E-state index in [1.165, 1.54) is 18.5 Å². The molecule has 3 heterocycles. The Hall–Kier alpha value is -4.14. The minimum atomic E-state index is -4.51. The summed E-state index contributed by atoms with van der Waals surface area (Å²) in [6, 6.07) is 15.6. The van der Waals surface area contributed by atoms with E-state index < -0.39 is 18.6 Å². The van der Waals surface area contributed by atoms with Crippen LogP contribution in [0.3, 0.4) is 0 Å². The summed E-state index contributed by atoms with van der Waals surface area (Å²) in [7, 11) is 0. The van der Waals surface area contributed by atoms with Gasteiger partial charge >= 0.3 is 6.18 Å². The van der Waals surface area contributed by atoms with Crippen LogP contribution in [-0.4, -0.2) is 33.0 Å². The first-order valence-electron chi connectivity index (χ1n) is 10.00. The van der Waals surface area contributed by atoms with Gasteiger partial charge in [-0.2, -0.15) is 13.2 Å². The second-order valence-electron chi connectivity index (χ2n) is 7.15.